The van der Waals surface area contributed by atoms with E-state index in [9.17, 15) is 0 Å². The average Bonchev–Trinajstić information content (AvgIpc) is 2.12. The zero-order valence-electron chi connectivity index (χ0n) is 4.65. The number of rotatable bonds is 1. The molecule has 0 amide bonds. The molecule has 0 fully saturated rings. The molecule has 0 aliphatic heterocycles. The Kier molecular flexibility index (Phi) is 2.60. The van der Waals surface area contributed by atoms with Crippen LogP contribution in [0.3, 0.4) is 0 Å². The van der Waals surface area contributed by atoms with E-state index in [-0.39, 0.29) is 0 Å². The summed E-state index contributed by atoms with van der Waals surface area (Å²) in [7, 11) is 1.62. The third kappa shape index (κ3) is 1.50. The van der Waals surface area contributed by atoms with Gasteiger partial charge in [-0.3, -0.25) is 0 Å². The van der Waals surface area contributed by atoms with Crippen molar-refractivity contribution in [1.29, 1.82) is 0 Å². The first kappa shape index (κ1) is 7.63. The SMILES string of the molecule is COc1c(Cl)csc1I. The van der Waals surface area contributed by atoms with Crippen molar-refractivity contribution in [1.82, 2.24) is 0 Å². The Bertz CT molecular complexity index is 191. The van der Waals surface area contributed by atoms with Crippen LogP contribution in [0.2, 0.25) is 5.02 Å². The minimum atomic E-state index is 0.701. The normalized spacial score (nSPS) is 9.67. The summed E-state index contributed by atoms with van der Waals surface area (Å²) in [5, 5.41) is 2.56. The first-order valence-electron chi connectivity index (χ1n) is 2.22. The van der Waals surface area contributed by atoms with E-state index in [1.165, 1.54) is 0 Å². The van der Waals surface area contributed by atoms with Crippen molar-refractivity contribution in [2.75, 3.05) is 7.11 Å². The molecule has 0 bridgehead atoms. The topological polar surface area (TPSA) is 9.23 Å². The second kappa shape index (κ2) is 3.07. The van der Waals surface area contributed by atoms with E-state index >= 15 is 0 Å². The maximum absolute atomic E-state index is 5.73. The van der Waals surface area contributed by atoms with Gasteiger partial charge in [-0.2, -0.15) is 0 Å². The van der Waals surface area contributed by atoms with Crippen molar-refractivity contribution in [3.63, 3.8) is 0 Å². The lowest BCUT2D eigenvalue weighted by Gasteiger charge is -1.94. The van der Waals surface area contributed by atoms with Crippen LogP contribution in [0.5, 0.6) is 5.75 Å². The lowest BCUT2D eigenvalue weighted by molar-refractivity contribution is 0.414. The number of thiophene rings is 1. The van der Waals surface area contributed by atoms with Crippen molar-refractivity contribution in [2.45, 2.75) is 0 Å². The summed E-state index contributed by atoms with van der Waals surface area (Å²) in [6.45, 7) is 0. The minimum absolute atomic E-state index is 0.701. The van der Waals surface area contributed by atoms with Gasteiger partial charge in [-0.15, -0.1) is 11.3 Å². The lowest BCUT2D eigenvalue weighted by atomic mass is 10.6. The Morgan fingerprint density at radius 3 is 2.67 bits per heavy atom. The summed E-state index contributed by atoms with van der Waals surface area (Å²) >= 11 is 9.50. The van der Waals surface area contributed by atoms with Crippen LogP contribution in [-0.2, 0) is 0 Å². The van der Waals surface area contributed by atoms with Gasteiger partial charge in [0.15, 0.2) is 5.75 Å². The standard InChI is InChI=1S/C5H4ClIOS/c1-8-4-3(6)2-9-5(4)7/h2H,1H3. The molecule has 9 heavy (non-hydrogen) atoms. The molecule has 50 valence electrons. The number of hydrogen-bond acceptors (Lipinski definition) is 2. The fourth-order valence-corrected chi connectivity index (χ4v) is 2.51. The Balaban J connectivity index is 3.07. The van der Waals surface area contributed by atoms with Gasteiger partial charge in [0, 0.05) is 5.38 Å². The molecular weight excluding hydrogens is 270 g/mol. The fraction of sp³-hybridized carbons (Fsp3) is 0.200. The van der Waals surface area contributed by atoms with Crippen LogP contribution in [-0.4, -0.2) is 7.11 Å². The molecule has 0 aliphatic carbocycles. The van der Waals surface area contributed by atoms with Crippen LogP contribution in [0.1, 0.15) is 0 Å². The smallest absolute Gasteiger partial charge is 0.161 e. The molecule has 0 aliphatic rings. The Morgan fingerprint density at radius 2 is 2.44 bits per heavy atom. The molecule has 0 N–H and O–H groups in total. The molecule has 1 aromatic rings. The number of ether oxygens (including phenoxy) is 1. The first-order chi connectivity index (χ1) is 4.25. The summed E-state index contributed by atoms with van der Waals surface area (Å²) in [6.07, 6.45) is 0. The second-order valence-electron chi connectivity index (χ2n) is 1.39. The average molecular weight is 275 g/mol. The fourth-order valence-electron chi connectivity index (χ4n) is 0.482. The molecule has 0 saturated heterocycles. The third-order valence-electron chi connectivity index (χ3n) is 0.865. The lowest BCUT2D eigenvalue weighted by Crippen LogP contribution is -1.80. The van der Waals surface area contributed by atoms with Gasteiger partial charge in [0.1, 0.15) is 2.88 Å². The molecule has 1 nitrogen and oxygen atoms in total. The zero-order chi connectivity index (χ0) is 6.85. The van der Waals surface area contributed by atoms with E-state index in [1.807, 2.05) is 5.38 Å². The van der Waals surface area contributed by atoms with Crippen molar-refractivity contribution in [2.24, 2.45) is 0 Å². The molecule has 0 radical (unpaired) electrons. The highest BCUT2D eigenvalue weighted by atomic mass is 127. The van der Waals surface area contributed by atoms with E-state index in [0.29, 0.717) is 5.02 Å². The number of hydrogen-bond donors (Lipinski definition) is 0. The van der Waals surface area contributed by atoms with Crippen LogP contribution in [0.4, 0.5) is 0 Å². The van der Waals surface area contributed by atoms with Crippen LogP contribution in [0.25, 0.3) is 0 Å². The highest BCUT2D eigenvalue weighted by molar-refractivity contribution is 14.1. The molecular formula is C5H4ClIOS. The van der Waals surface area contributed by atoms with Crippen LogP contribution >= 0.6 is 45.5 Å². The van der Waals surface area contributed by atoms with E-state index in [1.54, 1.807) is 18.4 Å². The van der Waals surface area contributed by atoms with Gasteiger partial charge in [-0.05, 0) is 22.6 Å². The summed E-state index contributed by atoms with van der Waals surface area (Å²) in [5.41, 5.74) is 0. The third-order valence-corrected chi connectivity index (χ3v) is 3.27. The monoisotopic (exact) mass is 274 g/mol. The van der Waals surface area contributed by atoms with Crippen molar-refractivity contribution in [3.05, 3.63) is 13.3 Å². The van der Waals surface area contributed by atoms with Crippen molar-refractivity contribution < 1.29 is 4.74 Å². The summed E-state index contributed by atoms with van der Waals surface area (Å²) in [6, 6.07) is 0. The van der Waals surface area contributed by atoms with Gasteiger partial charge < -0.3 is 4.74 Å². The van der Waals surface area contributed by atoms with Crippen LogP contribution in [0.15, 0.2) is 5.38 Å². The van der Waals surface area contributed by atoms with Gasteiger partial charge in [0.25, 0.3) is 0 Å². The zero-order valence-corrected chi connectivity index (χ0v) is 8.38. The number of halogens is 2. The second-order valence-corrected chi connectivity index (χ2v) is 4.49. The van der Waals surface area contributed by atoms with Crippen LogP contribution < -0.4 is 4.74 Å². The highest BCUT2D eigenvalue weighted by Gasteiger charge is 2.05. The molecule has 1 rings (SSSR count). The van der Waals surface area contributed by atoms with Gasteiger partial charge in [0.2, 0.25) is 0 Å². The molecule has 0 atom stereocenters. The van der Waals surface area contributed by atoms with E-state index in [2.05, 4.69) is 22.6 Å². The van der Waals surface area contributed by atoms with E-state index < -0.39 is 0 Å². The molecule has 0 unspecified atom stereocenters. The molecule has 0 spiro atoms. The van der Waals surface area contributed by atoms with Gasteiger partial charge in [0.05, 0.1) is 12.1 Å². The van der Waals surface area contributed by atoms with Crippen molar-refractivity contribution >= 4 is 45.5 Å². The van der Waals surface area contributed by atoms with Crippen LogP contribution in [0, 0.1) is 2.88 Å². The summed E-state index contributed by atoms with van der Waals surface area (Å²) in [5.74, 6) is 0.794. The van der Waals surface area contributed by atoms with E-state index in [4.69, 9.17) is 16.3 Å². The Hall–Kier alpha value is 0.520. The van der Waals surface area contributed by atoms with Gasteiger partial charge >= 0.3 is 0 Å². The summed E-state index contributed by atoms with van der Waals surface area (Å²) < 4.78 is 6.08. The molecule has 1 aromatic heterocycles. The Labute approximate surface area is 76.1 Å². The quantitative estimate of drug-likeness (QED) is 0.715. The minimum Gasteiger partial charge on any atom is -0.493 e. The maximum Gasteiger partial charge on any atom is 0.161 e. The maximum atomic E-state index is 5.73. The highest BCUT2D eigenvalue weighted by Crippen LogP contribution is 2.34. The first-order valence-corrected chi connectivity index (χ1v) is 4.56. The Morgan fingerprint density at radius 1 is 1.78 bits per heavy atom. The molecule has 4 heteroatoms. The molecule has 0 saturated carbocycles. The van der Waals surface area contributed by atoms with Crippen molar-refractivity contribution in [3.8, 4) is 5.75 Å². The van der Waals surface area contributed by atoms with Gasteiger partial charge in [-0.1, -0.05) is 11.6 Å². The molecule has 1 heterocycles. The predicted octanol–water partition coefficient (Wildman–Crippen LogP) is 3.01. The number of methoxy groups -OCH3 is 1. The summed E-state index contributed by atoms with van der Waals surface area (Å²) in [4.78, 5) is 0. The van der Waals surface area contributed by atoms with Gasteiger partial charge in [-0.25, -0.2) is 0 Å². The van der Waals surface area contributed by atoms with E-state index in [0.717, 1.165) is 8.63 Å². The predicted molar refractivity (Wildman–Crippen MR) is 48.6 cm³/mol. The molecule has 0 aromatic carbocycles. The largest absolute Gasteiger partial charge is 0.493 e.